The van der Waals surface area contributed by atoms with E-state index >= 15 is 0 Å². The van der Waals surface area contributed by atoms with E-state index in [1.807, 2.05) is 21.9 Å². The molecule has 0 atom stereocenters. The first kappa shape index (κ1) is 15.9. The van der Waals surface area contributed by atoms with Crippen molar-refractivity contribution in [2.45, 2.75) is 0 Å². The van der Waals surface area contributed by atoms with E-state index in [0.717, 1.165) is 11.0 Å². The number of carbonyl (C=O) groups is 2. The van der Waals surface area contributed by atoms with Crippen LogP contribution in [0.2, 0.25) is 0 Å². The smallest absolute Gasteiger partial charge is 0.320 e. The highest BCUT2D eigenvalue weighted by molar-refractivity contribution is 5.97. The number of morpholine rings is 1. The highest BCUT2D eigenvalue weighted by Gasteiger charge is 2.28. The zero-order valence-corrected chi connectivity index (χ0v) is 14.0. The van der Waals surface area contributed by atoms with E-state index in [9.17, 15) is 9.59 Å². The molecule has 132 valence electrons. The maximum atomic E-state index is 12.7. The maximum absolute atomic E-state index is 12.7. The quantitative estimate of drug-likeness (QED) is 0.829. The number of fused-ring (bicyclic) bond motifs is 1. The zero-order valence-electron chi connectivity index (χ0n) is 14.0. The van der Waals surface area contributed by atoms with Crippen molar-refractivity contribution in [3.63, 3.8) is 0 Å². The number of ether oxygens (including phenoxy) is 1. The number of nitrogens with zero attached hydrogens (tertiary/aromatic N) is 4. The van der Waals surface area contributed by atoms with Gasteiger partial charge in [-0.15, -0.1) is 0 Å². The molecule has 2 aliphatic rings. The van der Waals surface area contributed by atoms with Crippen molar-refractivity contribution in [1.29, 1.82) is 0 Å². The number of piperazine rings is 1. The van der Waals surface area contributed by atoms with Crippen LogP contribution >= 0.6 is 0 Å². The van der Waals surface area contributed by atoms with E-state index in [1.54, 1.807) is 17.3 Å². The number of hydrogen-bond donors (Lipinski definition) is 1. The normalized spacial score (nSPS) is 18.6. The summed E-state index contributed by atoms with van der Waals surface area (Å²) >= 11 is 0. The molecule has 2 aromatic rings. The van der Waals surface area contributed by atoms with Gasteiger partial charge in [0.05, 0.1) is 30.6 Å². The minimum Gasteiger partial charge on any atom is -0.378 e. The highest BCUT2D eigenvalue weighted by Crippen LogP contribution is 2.15. The molecule has 3 heterocycles. The lowest BCUT2D eigenvalue weighted by Gasteiger charge is -2.38. The molecule has 8 heteroatoms. The lowest BCUT2D eigenvalue weighted by molar-refractivity contribution is 0.0362. The van der Waals surface area contributed by atoms with Gasteiger partial charge in [0.15, 0.2) is 0 Å². The Labute approximate surface area is 145 Å². The van der Waals surface area contributed by atoms with Crippen LogP contribution in [0.4, 0.5) is 4.79 Å². The van der Waals surface area contributed by atoms with Crippen LogP contribution in [0, 0.1) is 0 Å². The average molecular weight is 343 g/mol. The molecule has 8 nitrogen and oxygen atoms in total. The minimum absolute atomic E-state index is 0.00466. The van der Waals surface area contributed by atoms with Gasteiger partial charge in [-0.05, 0) is 18.2 Å². The Bertz CT molecular complexity index is 775. The molecule has 1 N–H and O–H groups in total. The molecule has 2 fully saturated rings. The van der Waals surface area contributed by atoms with Crippen molar-refractivity contribution in [3.05, 3.63) is 30.1 Å². The van der Waals surface area contributed by atoms with Crippen LogP contribution in [0.1, 0.15) is 10.4 Å². The summed E-state index contributed by atoms with van der Waals surface area (Å²) in [5, 5.41) is 0. The summed E-state index contributed by atoms with van der Waals surface area (Å²) < 4.78 is 5.29. The first-order chi connectivity index (χ1) is 12.2. The number of imidazole rings is 1. The Morgan fingerprint density at radius 3 is 2.40 bits per heavy atom. The summed E-state index contributed by atoms with van der Waals surface area (Å²) in [5.74, 6) is -0.00466. The maximum Gasteiger partial charge on any atom is 0.320 e. The molecular weight excluding hydrogens is 322 g/mol. The number of nitrogens with one attached hydrogen (secondary N) is 1. The molecule has 1 aromatic carbocycles. The first-order valence-electron chi connectivity index (χ1n) is 8.56. The van der Waals surface area contributed by atoms with E-state index in [0.29, 0.717) is 58.0 Å². The van der Waals surface area contributed by atoms with Crippen LogP contribution in [0.3, 0.4) is 0 Å². The number of aromatic nitrogens is 2. The standard InChI is InChI=1S/C17H21N5O3/c23-16(13-1-2-14-15(11-13)19-12-18-14)20-3-5-21(6-4-20)17(24)22-7-9-25-10-8-22/h1-2,11-12H,3-10H2,(H,18,19). The van der Waals surface area contributed by atoms with Crippen LogP contribution in [-0.2, 0) is 4.74 Å². The monoisotopic (exact) mass is 343 g/mol. The third kappa shape index (κ3) is 3.17. The fraction of sp³-hybridized carbons (Fsp3) is 0.471. The third-order valence-electron chi connectivity index (χ3n) is 4.79. The van der Waals surface area contributed by atoms with E-state index < -0.39 is 0 Å². The molecule has 0 bridgehead atoms. The minimum atomic E-state index is -0.00466. The van der Waals surface area contributed by atoms with E-state index in [-0.39, 0.29) is 11.9 Å². The lowest BCUT2D eigenvalue weighted by atomic mass is 10.1. The summed E-state index contributed by atoms with van der Waals surface area (Å²) in [4.78, 5) is 37.9. The first-order valence-corrected chi connectivity index (χ1v) is 8.56. The molecule has 1 aromatic heterocycles. The Balaban J connectivity index is 1.37. The summed E-state index contributed by atoms with van der Waals surface area (Å²) in [6.07, 6.45) is 1.62. The number of urea groups is 1. The van der Waals surface area contributed by atoms with Crippen LogP contribution in [0.5, 0.6) is 0 Å². The number of hydrogen-bond acceptors (Lipinski definition) is 4. The molecule has 2 aliphatic heterocycles. The van der Waals surface area contributed by atoms with Gasteiger partial charge < -0.3 is 24.4 Å². The zero-order chi connectivity index (χ0) is 17.2. The highest BCUT2D eigenvalue weighted by atomic mass is 16.5. The lowest BCUT2D eigenvalue weighted by Crippen LogP contribution is -2.55. The molecular formula is C17H21N5O3. The van der Waals surface area contributed by atoms with E-state index in [4.69, 9.17) is 4.74 Å². The molecule has 0 unspecified atom stereocenters. The Morgan fingerprint density at radius 1 is 0.960 bits per heavy atom. The Kier molecular flexibility index (Phi) is 4.27. The van der Waals surface area contributed by atoms with Gasteiger partial charge in [-0.3, -0.25) is 4.79 Å². The van der Waals surface area contributed by atoms with Gasteiger partial charge in [0, 0.05) is 44.8 Å². The van der Waals surface area contributed by atoms with Gasteiger partial charge in [0.1, 0.15) is 0 Å². The van der Waals surface area contributed by atoms with E-state index in [1.165, 1.54) is 0 Å². The summed E-state index contributed by atoms with van der Waals surface area (Å²) in [7, 11) is 0. The van der Waals surface area contributed by atoms with Gasteiger partial charge in [0.2, 0.25) is 0 Å². The number of rotatable bonds is 1. The summed E-state index contributed by atoms with van der Waals surface area (Å²) in [6.45, 7) is 4.71. The van der Waals surface area contributed by atoms with Crippen molar-refractivity contribution < 1.29 is 14.3 Å². The van der Waals surface area contributed by atoms with Gasteiger partial charge in [-0.1, -0.05) is 0 Å². The van der Waals surface area contributed by atoms with Crippen LogP contribution in [0.15, 0.2) is 24.5 Å². The fourth-order valence-corrected chi connectivity index (χ4v) is 3.31. The molecule has 4 rings (SSSR count). The van der Waals surface area contributed by atoms with Gasteiger partial charge in [-0.25, -0.2) is 9.78 Å². The second-order valence-corrected chi connectivity index (χ2v) is 6.30. The third-order valence-corrected chi connectivity index (χ3v) is 4.79. The predicted molar refractivity (Wildman–Crippen MR) is 91.4 cm³/mol. The molecule has 0 aliphatic carbocycles. The topological polar surface area (TPSA) is 81.8 Å². The second-order valence-electron chi connectivity index (χ2n) is 6.30. The summed E-state index contributed by atoms with van der Waals surface area (Å²) in [6, 6.07) is 5.53. The molecule has 0 radical (unpaired) electrons. The van der Waals surface area contributed by atoms with Crippen molar-refractivity contribution in [1.82, 2.24) is 24.7 Å². The number of carbonyl (C=O) groups excluding carboxylic acids is 2. The molecule has 0 spiro atoms. The average Bonchev–Trinajstić information content (AvgIpc) is 3.15. The van der Waals surface area contributed by atoms with Gasteiger partial charge in [0.25, 0.3) is 5.91 Å². The fourth-order valence-electron chi connectivity index (χ4n) is 3.31. The Morgan fingerprint density at radius 2 is 1.64 bits per heavy atom. The van der Waals surface area contributed by atoms with Gasteiger partial charge in [-0.2, -0.15) is 0 Å². The largest absolute Gasteiger partial charge is 0.378 e. The molecule has 3 amide bonds. The van der Waals surface area contributed by atoms with Gasteiger partial charge >= 0.3 is 6.03 Å². The van der Waals surface area contributed by atoms with Crippen molar-refractivity contribution >= 4 is 23.0 Å². The summed E-state index contributed by atoms with van der Waals surface area (Å²) in [5.41, 5.74) is 2.34. The van der Waals surface area contributed by atoms with Crippen molar-refractivity contribution in [3.8, 4) is 0 Å². The van der Waals surface area contributed by atoms with E-state index in [2.05, 4.69) is 9.97 Å². The second kappa shape index (κ2) is 6.72. The number of benzene rings is 1. The molecule has 2 saturated heterocycles. The van der Waals surface area contributed by atoms with Crippen molar-refractivity contribution in [2.75, 3.05) is 52.5 Å². The van der Waals surface area contributed by atoms with Crippen LogP contribution < -0.4 is 0 Å². The predicted octanol–water partition coefficient (Wildman–Crippen LogP) is 0.773. The SMILES string of the molecule is O=C(c1ccc2nc[nH]c2c1)N1CCN(C(=O)N2CCOCC2)CC1. The van der Waals surface area contributed by atoms with Crippen LogP contribution in [-0.4, -0.2) is 89.1 Å². The number of aromatic amines is 1. The van der Waals surface area contributed by atoms with Crippen LogP contribution in [0.25, 0.3) is 11.0 Å². The molecule has 0 saturated carbocycles. The van der Waals surface area contributed by atoms with Crippen molar-refractivity contribution in [2.24, 2.45) is 0 Å². The molecule has 25 heavy (non-hydrogen) atoms. The Hall–Kier alpha value is -2.61. The number of H-pyrrole nitrogens is 1. The number of amides is 3.